The molecule has 1 atom stereocenters. The summed E-state index contributed by atoms with van der Waals surface area (Å²) in [5.41, 5.74) is 0. The maximum Gasteiger partial charge on any atom is 0.415 e. The van der Waals surface area contributed by atoms with Crippen molar-refractivity contribution >= 4 is 21.4 Å². The van der Waals surface area contributed by atoms with E-state index in [1.54, 1.807) is 4.72 Å². The van der Waals surface area contributed by atoms with Crippen LogP contribution in [0.15, 0.2) is 21.7 Å². The molecule has 0 aromatic carbocycles. The summed E-state index contributed by atoms with van der Waals surface area (Å²) in [6.07, 6.45) is -7.54. The van der Waals surface area contributed by atoms with Crippen molar-refractivity contribution in [3.63, 3.8) is 0 Å². The lowest BCUT2D eigenvalue weighted by Gasteiger charge is -2.14. The van der Waals surface area contributed by atoms with E-state index in [9.17, 15) is 21.6 Å². The van der Waals surface area contributed by atoms with E-state index in [0.29, 0.717) is 0 Å². The van der Waals surface area contributed by atoms with Gasteiger partial charge in [0, 0.05) is 6.54 Å². The van der Waals surface area contributed by atoms with Gasteiger partial charge in [-0.15, -0.1) is 11.3 Å². The molecule has 0 saturated heterocycles. The lowest BCUT2D eigenvalue weighted by Crippen LogP contribution is -2.40. The summed E-state index contributed by atoms with van der Waals surface area (Å²) >= 11 is 0.876. The molecule has 1 heterocycles. The Bertz CT molecular complexity index is 426. The van der Waals surface area contributed by atoms with Gasteiger partial charge in [-0.1, -0.05) is 6.07 Å². The maximum absolute atomic E-state index is 11.9. The fraction of sp³-hybridized carbons (Fsp3) is 0.429. The van der Waals surface area contributed by atoms with E-state index in [2.05, 4.69) is 0 Å². The van der Waals surface area contributed by atoms with Crippen LogP contribution in [0.3, 0.4) is 0 Å². The molecule has 0 aliphatic carbocycles. The molecular weight excluding hydrogens is 267 g/mol. The summed E-state index contributed by atoms with van der Waals surface area (Å²) < 4.78 is 59.9. The van der Waals surface area contributed by atoms with Crippen LogP contribution in [0, 0.1) is 0 Å². The quantitative estimate of drug-likeness (QED) is 0.859. The van der Waals surface area contributed by atoms with Crippen molar-refractivity contribution in [2.45, 2.75) is 16.5 Å². The summed E-state index contributed by atoms with van der Waals surface area (Å²) in [4.78, 5) is 0. The smallest absolute Gasteiger partial charge is 0.382 e. The first-order chi connectivity index (χ1) is 7.23. The highest BCUT2D eigenvalue weighted by Gasteiger charge is 2.38. The monoisotopic (exact) mass is 275 g/mol. The molecule has 1 aromatic rings. The van der Waals surface area contributed by atoms with Crippen LogP contribution in [0.4, 0.5) is 13.2 Å². The number of thiophene rings is 1. The van der Waals surface area contributed by atoms with Crippen LogP contribution in [0.25, 0.3) is 0 Å². The average Bonchev–Trinajstić information content (AvgIpc) is 2.65. The number of alkyl halides is 3. The molecule has 92 valence electrons. The normalized spacial score (nSPS) is 15.0. The van der Waals surface area contributed by atoms with Crippen LogP contribution in [0.2, 0.25) is 0 Å². The number of rotatable bonds is 4. The number of aliphatic hydroxyl groups is 1. The molecule has 0 aliphatic rings. The van der Waals surface area contributed by atoms with Crippen LogP contribution in [0.1, 0.15) is 0 Å². The molecule has 0 bridgehead atoms. The maximum atomic E-state index is 11.9. The summed E-state index contributed by atoms with van der Waals surface area (Å²) in [6.45, 7) is -1.09. The van der Waals surface area contributed by atoms with Gasteiger partial charge < -0.3 is 5.11 Å². The lowest BCUT2D eigenvalue weighted by molar-refractivity contribution is -0.200. The van der Waals surface area contributed by atoms with E-state index in [1.165, 1.54) is 17.5 Å². The van der Waals surface area contributed by atoms with Crippen LogP contribution < -0.4 is 4.72 Å². The van der Waals surface area contributed by atoms with Crippen molar-refractivity contribution in [1.82, 2.24) is 4.72 Å². The minimum atomic E-state index is -4.84. The van der Waals surface area contributed by atoms with Gasteiger partial charge in [0.05, 0.1) is 0 Å². The van der Waals surface area contributed by atoms with E-state index < -0.39 is 28.8 Å². The number of halogens is 3. The standard InChI is InChI=1S/C7H8F3NO3S2/c8-7(9,10)5(12)4-11-16(13,14)6-2-1-3-15-6/h1-3,5,11-12H,4H2. The summed E-state index contributed by atoms with van der Waals surface area (Å²) in [6, 6.07) is 2.71. The van der Waals surface area contributed by atoms with Crippen molar-refractivity contribution in [3.8, 4) is 0 Å². The molecule has 1 unspecified atom stereocenters. The van der Waals surface area contributed by atoms with Gasteiger partial charge in [0.1, 0.15) is 4.21 Å². The van der Waals surface area contributed by atoms with Crippen molar-refractivity contribution in [1.29, 1.82) is 0 Å². The van der Waals surface area contributed by atoms with E-state index >= 15 is 0 Å². The Morgan fingerprint density at radius 2 is 2.12 bits per heavy atom. The highest BCUT2D eigenvalue weighted by molar-refractivity contribution is 7.91. The van der Waals surface area contributed by atoms with Gasteiger partial charge in [0.2, 0.25) is 10.0 Å². The highest BCUT2D eigenvalue weighted by Crippen LogP contribution is 2.20. The molecule has 0 aliphatic heterocycles. The molecule has 0 amide bonds. The van der Waals surface area contributed by atoms with E-state index in [-0.39, 0.29) is 4.21 Å². The lowest BCUT2D eigenvalue weighted by atomic mass is 10.4. The molecular formula is C7H8F3NO3S2. The molecule has 4 nitrogen and oxygen atoms in total. The molecule has 1 aromatic heterocycles. The van der Waals surface area contributed by atoms with Crippen LogP contribution in [-0.4, -0.2) is 32.3 Å². The second-order valence-corrected chi connectivity index (χ2v) is 5.78. The third-order valence-corrected chi connectivity index (χ3v) is 4.43. The van der Waals surface area contributed by atoms with E-state index in [1.807, 2.05) is 0 Å². The summed E-state index contributed by atoms with van der Waals surface area (Å²) in [5, 5.41) is 10.1. The first kappa shape index (κ1) is 13.4. The number of nitrogens with one attached hydrogen (secondary N) is 1. The van der Waals surface area contributed by atoms with Gasteiger partial charge in [-0.05, 0) is 11.4 Å². The Balaban J connectivity index is 2.63. The Morgan fingerprint density at radius 3 is 2.56 bits per heavy atom. The molecule has 2 N–H and O–H groups in total. The van der Waals surface area contributed by atoms with Crippen LogP contribution in [-0.2, 0) is 10.0 Å². The number of hydrogen-bond donors (Lipinski definition) is 2. The van der Waals surface area contributed by atoms with Gasteiger partial charge in [-0.3, -0.25) is 0 Å². The largest absolute Gasteiger partial charge is 0.415 e. The summed E-state index contributed by atoms with van der Waals surface area (Å²) in [7, 11) is -3.96. The van der Waals surface area contributed by atoms with E-state index in [0.717, 1.165) is 11.3 Å². The Morgan fingerprint density at radius 1 is 1.50 bits per heavy atom. The predicted octanol–water partition coefficient (Wildman–Crippen LogP) is 0.950. The predicted molar refractivity (Wildman–Crippen MR) is 51.6 cm³/mol. The zero-order valence-corrected chi connectivity index (χ0v) is 9.36. The first-order valence-electron chi connectivity index (χ1n) is 4.01. The fourth-order valence-corrected chi connectivity index (χ4v) is 2.87. The molecule has 16 heavy (non-hydrogen) atoms. The van der Waals surface area contributed by atoms with Gasteiger partial charge in [0.25, 0.3) is 0 Å². The van der Waals surface area contributed by atoms with Crippen molar-refractivity contribution in [2.24, 2.45) is 0 Å². The Labute approximate surface area is 93.8 Å². The van der Waals surface area contributed by atoms with Gasteiger partial charge in [-0.2, -0.15) is 13.2 Å². The average molecular weight is 275 g/mol. The van der Waals surface area contributed by atoms with Gasteiger partial charge in [0.15, 0.2) is 6.10 Å². The second kappa shape index (κ2) is 4.70. The zero-order valence-electron chi connectivity index (χ0n) is 7.73. The molecule has 1 rings (SSSR count). The molecule has 0 spiro atoms. The van der Waals surface area contributed by atoms with Crippen molar-refractivity contribution in [3.05, 3.63) is 17.5 Å². The number of aliphatic hydroxyl groups excluding tert-OH is 1. The van der Waals surface area contributed by atoms with E-state index in [4.69, 9.17) is 5.11 Å². The Kier molecular flexibility index (Phi) is 3.94. The first-order valence-corrected chi connectivity index (χ1v) is 6.38. The number of sulfonamides is 1. The topological polar surface area (TPSA) is 66.4 Å². The molecule has 0 fully saturated rings. The third-order valence-electron chi connectivity index (χ3n) is 1.60. The molecule has 9 heteroatoms. The fourth-order valence-electron chi connectivity index (χ4n) is 0.792. The minimum Gasteiger partial charge on any atom is -0.382 e. The summed E-state index contributed by atoms with van der Waals surface area (Å²) in [5.74, 6) is 0. The van der Waals surface area contributed by atoms with Gasteiger partial charge in [-0.25, -0.2) is 13.1 Å². The zero-order chi connectivity index (χ0) is 12.4. The number of hydrogen-bond acceptors (Lipinski definition) is 4. The van der Waals surface area contributed by atoms with Crippen molar-refractivity contribution < 1.29 is 26.7 Å². The van der Waals surface area contributed by atoms with Gasteiger partial charge >= 0.3 is 6.18 Å². The SMILES string of the molecule is O=S(=O)(NCC(O)C(F)(F)F)c1cccs1. The Hall–Kier alpha value is -0.640. The van der Waals surface area contributed by atoms with Crippen LogP contribution >= 0.6 is 11.3 Å². The second-order valence-electron chi connectivity index (χ2n) is 2.84. The third kappa shape index (κ3) is 3.44. The highest BCUT2D eigenvalue weighted by atomic mass is 32.2. The molecule has 0 saturated carbocycles. The van der Waals surface area contributed by atoms with Crippen LogP contribution in [0.5, 0.6) is 0 Å². The molecule has 0 radical (unpaired) electrons. The van der Waals surface area contributed by atoms with Crippen molar-refractivity contribution in [2.75, 3.05) is 6.54 Å². The minimum absolute atomic E-state index is 0.0955.